The highest BCUT2D eigenvalue weighted by Crippen LogP contribution is 2.43. The highest BCUT2D eigenvalue weighted by Gasteiger charge is 2.33. The van der Waals surface area contributed by atoms with Gasteiger partial charge in [-0.3, -0.25) is 0 Å². The fraction of sp³-hybridized carbons (Fsp3) is 0.429. The lowest BCUT2D eigenvalue weighted by molar-refractivity contribution is 0.171. The Kier molecular flexibility index (Phi) is 4.89. The quantitative estimate of drug-likeness (QED) is 0.820. The molecule has 1 heterocycles. The number of hydrogen-bond acceptors (Lipinski definition) is 5. The van der Waals surface area contributed by atoms with Gasteiger partial charge in [-0.05, 0) is 42.5 Å². The van der Waals surface area contributed by atoms with Crippen LogP contribution in [0.3, 0.4) is 0 Å². The molecule has 0 amide bonds. The maximum absolute atomic E-state index is 5.75. The molecule has 2 aromatic rings. The number of rotatable bonds is 7. The van der Waals surface area contributed by atoms with E-state index in [1.807, 2.05) is 18.2 Å². The third-order valence-corrected chi connectivity index (χ3v) is 5.02. The first-order valence-corrected chi connectivity index (χ1v) is 9.13. The van der Waals surface area contributed by atoms with Crippen LogP contribution < -0.4 is 24.3 Å². The third-order valence-electron chi connectivity index (χ3n) is 5.02. The van der Waals surface area contributed by atoms with Gasteiger partial charge in [0.25, 0.3) is 0 Å². The van der Waals surface area contributed by atoms with Gasteiger partial charge in [0.05, 0.1) is 14.2 Å². The molecule has 5 nitrogen and oxygen atoms in total. The Morgan fingerprint density at radius 1 is 1.04 bits per heavy atom. The van der Waals surface area contributed by atoms with Crippen LogP contribution in [0.5, 0.6) is 23.0 Å². The van der Waals surface area contributed by atoms with Gasteiger partial charge >= 0.3 is 0 Å². The summed E-state index contributed by atoms with van der Waals surface area (Å²) in [6, 6.07) is 12.6. The van der Waals surface area contributed by atoms with Crippen molar-refractivity contribution in [1.29, 1.82) is 0 Å². The predicted molar refractivity (Wildman–Crippen MR) is 99.3 cm³/mol. The van der Waals surface area contributed by atoms with Gasteiger partial charge in [-0.25, -0.2) is 0 Å². The monoisotopic (exact) mass is 355 g/mol. The van der Waals surface area contributed by atoms with Crippen LogP contribution in [0, 0.1) is 5.92 Å². The molecule has 0 aromatic heterocycles. The Labute approximate surface area is 154 Å². The largest absolute Gasteiger partial charge is 0.493 e. The van der Waals surface area contributed by atoms with Crippen LogP contribution in [0.25, 0.3) is 0 Å². The minimum absolute atomic E-state index is 0.293. The molecule has 1 saturated carbocycles. The van der Waals surface area contributed by atoms with Gasteiger partial charge in [0.15, 0.2) is 23.0 Å². The predicted octanol–water partition coefficient (Wildman–Crippen LogP) is 3.72. The van der Waals surface area contributed by atoms with Crippen molar-refractivity contribution in [3.63, 3.8) is 0 Å². The van der Waals surface area contributed by atoms with Crippen LogP contribution in [0.1, 0.15) is 30.0 Å². The Hall–Kier alpha value is -2.40. The number of nitrogens with one attached hydrogen (secondary N) is 1. The highest BCUT2D eigenvalue weighted by molar-refractivity contribution is 5.47. The van der Waals surface area contributed by atoms with Gasteiger partial charge in [0, 0.05) is 18.2 Å². The zero-order valence-corrected chi connectivity index (χ0v) is 15.3. The van der Waals surface area contributed by atoms with E-state index < -0.39 is 0 Å². The zero-order valence-electron chi connectivity index (χ0n) is 15.3. The molecular formula is C21H25NO4. The lowest BCUT2D eigenvalue weighted by atomic mass is 10.0. The number of methoxy groups -OCH3 is 2. The maximum atomic E-state index is 5.75. The second kappa shape index (κ2) is 7.46. The summed E-state index contributed by atoms with van der Waals surface area (Å²) >= 11 is 0. The van der Waals surface area contributed by atoms with E-state index in [1.54, 1.807) is 14.2 Å². The molecule has 2 aliphatic rings. The normalized spacial score (nSPS) is 16.8. The molecule has 1 atom stereocenters. The van der Waals surface area contributed by atoms with Crippen LogP contribution in [0.15, 0.2) is 36.4 Å². The molecule has 26 heavy (non-hydrogen) atoms. The van der Waals surface area contributed by atoms with Gasteiger partial charge in [0.1, 0.15) is 13.2 Å². The van der Waals surface area contributed by atoms with Gasteiger partial charge in [-0.15, -0.1) is 0 Å². The first-order chi connectivity index (χ1) is 12.8. The first-order valence-electron chi connectivity index (χ1n) is 9.13. The SMILES string of the molecule is COc1cccc(CNC(c2ccc3c(c2)OCCO3)C2CC2)c1OC. The average Bonchev–Trinajstić information content (AvgIpc) is 3.52. The summed E-state index contributed by atoms with van der Waals surface area (Å²) in [5, 5.41) is 3.72. The van der Waals surface area contributed by atoms with Gasteiger partial charge in [-0.1, -0.05) is 18.2 Å². The van der Waals surface area contributed by atoms with Crippen molar-refractivity contribution in [3.8, 4) is 23.0 Å². The smallest absolute Gasteiger partial charge is 0.165 e. The molecule has 1 fully saturated rings. The van der Waals surface area contributed by atoms with Crippen molar-refractivity contribution in [3.05, 3.63) is 47.5 Å². The Morgan fingerprint density at radius 2 is 1.85 bits per heavy atom. The number of benzene rings is 2. The van der Waals surface area contributed by atoms with Crippen LogP contribution in [0.2, 0.25) is 0 Å². The van der Waals surface area contributed by atoms with E-state index >= 15 is 0 Å². The Morgan fingerprint density at radius 3 is 2.58 bits per heavy atom. The lowest BCUT2D eigenvalue weighted by Gasteiger charge is -2.23. The summed E-state index contributed by atoms with van der Waals surface area (Å²) in [6.45, 7) is 1.95. The molecule has 1 N–H and O–H groups in total. The van der Waals surface area contributed by atoms with Crippen LogP contribution >= 0.6 is 0 Å². The number of hydrogen-bond donors (Lipinski definition) is 1. The second-order valence-corrected chi connectivity index (χ2v) is 6.75. The van der Waals surface area contributed by atoms with Crippen LogP contribution in [0.4, 0.5) is 0 Å². The fourth-order valence-corrected chi connectivity index (χ4v) is 3.55. The van der Waals surface area contributed by atoms with Crippen LogP contribution in [-0.2, 0) is 6.54 Å². The summed E-state index contributed by atoms with van der Waals surface area (Å²) in [4.78, 5) is 0. The summed E-state index contributed by atoms with van der Waals surface area (Å²) in [5.74, 6) is 3.90. The van der Waals surface area contributed by atoms with E-state index in [2.05, 4.69) is 23.5 Å². The molecule has 2 aromatic carbocycles. The maximum Gasteiger partial charge on any atom is 0.165 e. The summed E-state index contributed by atoms with van der Waals surface area (Å²) in [6.07, 6.45) is 2.50. The fourth-order valence-electron chi connectivity index (χ4n) is 3.55. The van der Waals surface area contributed by atoms with E-state index in [0.29, 0.717) is 25.2 Å². The molecule has 138 valence electrons. The van der Waals surface area contributed by atoms with Gasteiger partial charge in [0.2, 0.25) is 0 Å². The molecule has 5 heteroatoms. The van der Waals surface area contributed by atoms with Crippen molar-refractivity contribution in [1.82, 2.24) is 5.32 Å². The van der Waals surface area contributed by atoms with E-state index in [1.165, 1.54) is 18.4 Å². The molecule has 1 unspecified atom stereocenters. The van der Waals surface area contributed by atoms with E-state index in [4.69, 9.17) is 18.9 Å². The molecule has 0 bridgehead atoms. The molecular weight excluding hydrogens is 330 g/mol. The van der Waals surface area contributed by atoms with Gasteiger partial charge < -0.3 is 24.3 Å². The number of ether oxygens (including phenoxy) is 4. The molecule has 1 aliphatic heterocycles. The summed E-state index contributed by atoms with van der Waals surface area (Å²) in [5.41, 5.74) is 2.34. The molecule has 0 saturated heterocycles. The number of fused-ring (bicyclic) bond motifs is 1. The minimum Gasteiger partial charge on any atom is -0.493 e. The van der Waals surface area contributed by atoms with Crippen molar-refractivity contribution in [2.45, 2.75) is 25.4 Å². The molecule has 0 spiro atoms. The average molecular weight is 355 g/mol. The molecule has 1 aliphatic carbocycles. The van der Waals surface area contributed by atoms with Crippen molar-refractivity contribution >= 4 is 0 Å². The standard InChI is InChI=1S/C21H25NO4/c1-23-18-5-3-4-16(21(18)24-2)13-22-20(14-6-7-14)15-8-9-17-19(12-15)26-11-10-25-17/h3-5,8-9,12,14,20,22H,6-7,10-11,13H2,1-2H3. The Bertz CT molecular complexity index is 773. The number of para-hydroxylation sites is 1. The Balaban J connectivity index is 1.54. The minimum atomic E-state index is 0.293. The first kappa shape index (κ1) is 17.0. The van der Waals surface area contributed by atoms with E-state index in [0.717, 1.165) is 35.1 Å². The molecule has 4 rings (SSSR count). The second-order valence-electron chi connectivity index (χ2n) is 6.75. The van der Waals surface area contributed by atoms with Crippen LogP contribution in [-0.4, -0.2) is 27.4 Å². The van der Waals surface area contributed by atoms with E-state index in [-0.39, 0.29) is 0 Å². The van der Waals surface area contributed by atoms with Gasteiger partial charge in [-0.2, -0.15) is 0 Å². The topological polar surface area (TPSA) is 49.0 Å². The highest BCUT2D eigenvalue weighted by atomic mass is 16.6. The van der Waals surface area contributed by atoms with Crippen molar-refractivity contribution < 1.29 is 18.9 Å². The zero-order chi connectivity index (χ0) is 17.9. The summed E-state index contributed by atoms with van der Waals surface area (Å²) in [7, 11) is 3.35. The summed E-state index contributed by atoms with van der Waals surface area (Å²) < 4.78 is 22.4. The van der Waals surface area contributed by atoms with E-state index in [9.17, 15) is 0 Å². The van der Waals surface area contributed by atoms with Crippen molar-refractivity contribution in [2.75, 3.05) is 27.4 Å². The lowest BCUT2D eigenvalue weighted by Crippen LogP contribution is -2.23. The molecule has 0 radical (unpaired) electrons. The third kappa shape index (κ3) is 3.44. The van der Waals surface area contributed by atoms with Crippen molar-refractivity contribution in [2.24, 2.45) is 5.92 Å².